The van der Waals surface area contributed by atoms with Crippen molar-refractivity contribution in [2.75, 3.05) is 7.11 Å². The Hall–Kier alpha value is -1.75. The molecule has 98 valence electrons. The van der Waals surface area contributed by atoms with Crippen LogP contribution < -0.4 is 10.6 Å². The number of nitrogens with one attached hydrogen (secondary N) is 2. The van der Waals surface area contributed by atoms with Crippen molar-refractivity contribution in [3.63, 3.8) is 0 Å². The Morgan fingerprint density at radius 3 is 2.50 bits per heavy atom. The fraction of sp³-hybridized carbons (Fsp3) is 0.333. The first-order valence-electron chi connectivity index (χ1n) is 5.39. The Kier molecular flexibility index (Phi) is 5.45. The van der Waals surface area contributed by atoms with Gasteiger partial charge in [0.05, 0.1) is 7.11 Å². The van der Waals surface area contributed by atoms with E-state index in [0.29, 0.717) is 11.6 Å². The molecule has 0 spiro atoms. The molecule has 0 aliphatic rings. The lowest BCUT2D eigenvalue weighted by Crippen LogP contribution is -2.44. The van der Waals surface area contributed by atoms with E-state index in [1.54, 1.807) is 19.1 Å². The van der Waals surface area contributed by atoms with Crippen molar-refractivity contribution in [3.05, 3.63) is 34.9 Å². The summed E-state index contributed by atoms with van der Waals surface area (Å²) < 4.78 is 4.49. The van der Waals surface area contributed by atoms with E-state index < -0.39 is 18.0 Å². The van der Waals surface area contributed by atoms with E-state index in [2.05, 4.69) is 15.4 Å². The zero-order chi connectivity index (χ0) is 13.5. The highest BCUT2D eigenvalue weighted by atomic mass is 35.5. The van der Waals surface area contributed by atoms with Gasteiger partial charge in [-0.1, -0.05) is 23.7 Å². The second-order valence-corrected chi connectivity index (χ2v) is 4.13. The average molecular weight is 271 g/mol. The van der Waals surface area contributed by atoms with E-state index in [9.17, 15) is 9.59 Å². The minimum atomic E-state index is -0.680. The van der Waals surface area contributed by atoms with Gasteiger partial charge in [0.1, 0.15) is 6.04 Å². The molecule has 0 radical (unpaired) electrons. The van der Waals surface area contributed by atoms with Gasteiger partial charge in [-0.25, -0.2) is 9.59 Å². The second kappa shape index (κ2) is 6.86. The van der Waals surface area contributed by atoms with Gasteiger partial charge in [0.25, 0.3) is 0 Å². The number of carbonyl (C=O) groups excluding carboxylic acids is 2. The van der Waals surface area contributed by atoms with Crippen LogP contribution in [0.3, 0.4) is 0 Å². The standard InChI is InChI=1S/C12H15ClN2O3/c1-8(11(16)18-2)15-12(17)14-7-9-3-5-10(13)6-4-9/h3-6,8H,7H2,1-2H3,(H2,14,15,17). The maximum absolute atomic E-state index is 11.5. The number of amides is 2. The van der Waals surface area contributed by atoms with E-state index in [-0.39, 0.29) is 0 Å². The number of benzene rings is 1. The maximum atomic E-state index is 11.5. The lowest BCUT2D eigenvalue weighted by molar-refractivity contribution is -0.142. The molecule has 1 rings (SSSR count). The Balaban J connectivity index is 2.37. The van der Waals surface area contributed by atoms with Crippen molar-refractivity contribution in [1.82, 2.24) is 10.6 Å². The molecule has 1 unspecified atom stereocenters. The van der Waals surface area contributed by atoms with Gasteiger partial charge < -0.3 is 15.4 Å². The molecule has 2 N–H and O–H groups in total. The summed E-state index contributed by atoms with van der Waals surface area (Å²) in [4.78, 5) is 22.5. The summed E-state index contributed by atoms with van der Waals surface area (Å²) in [6.07, 6.45) is 0. The van der Waals surface area contributed by atoms with Gasteiger partial charge in [0.2, 0.25) is 0 Å². The van der Waals surface area contributed by atoms with Crippen LogP contribution in [0.5, 0.6) is 0 Å². The third-order valence-corrected chi connectivity index (χ3v) is 2.52. The van der Waals surface area contributed by atoms with Crippen molar-refractivity contribution in [3.8, 4) is 0 Å². The Morgan fingerprint density at radius 1 is 1.33 bits per heavy atom. The monoisotopic (exact) mass is 270 g/mol. The number of carbonyl (C=O) groups is 2. The molecule has 0 aliphatic heterocycles. The molecule has 0 saturated heterocycles. The van der Waals surface area contributed by atoms with Crippen LogP contribution in [-0.2, 0) is 16.1 Å². The Bertz CT molecular complexity index is 420. The van der Waals surface area contributed by atoms with Crippen LogP contribution in [0.1, 0.15) is 12.5 Å². The summed E-state index contributed by atoms with van der Waals surface area (Å²) in [6.45, 7) is 1.91. The van der Waals surface area contributed by atoms with E-state index in [0.717, 1.165) is 5.56 Å². The van der Waals surface area contributed by atoms with Crippen LogP contribution in [0.25, 0.3) is 0 Å². The van der Waals surface area contributed by atoms with Crippen LogP contribution in [0, 0.1) is 0 Å². The van der Waals surface area contributed by atoms with Crippen LogP contribution in [0.4, 0.5) is 4.79 Å². The quantitative estimate of drug-likeness (QED) is 0.819. The van der Waals surface area contributed by atoms with Crippen LogP contribution in [0.2, 0.25) is 5.02 Å². The zero-order valence-electron chi connectivity index (χ0n) is 10.2. The average Bonchev–Trinajstić information content (AvgIpc) is 2.37. The Labute approximate surface area is 110 Å². The number of ether oxygens (including phenoxy) is 1. The molecule has 1 aromatic carbocycles. The lowest BCUT2D eigenvalue weighted by atomic mass is 10.2. The number of methoxy groups -OCH3 is 1. The van der Waals surface area contributed by atoms with E-state index >= 15 is 0 Å². The zero-order valence-corrected chi connectivity index (χ0v) is 11.0. The second-order valence-electron chi connectivity index (χ2n) is 3.70. The highest BCUT2D eigenvalue weighted by Gasteiger charge is 2.15. The summed E-state index contributed by atoms with van der Waals surface area (Å²) in [6, 6.07) is 6.00. The number of halogens is 1. The van der Waals surface area contributed by atoms with Crippen LogP contribution in [-0.4, -0.2) is 25.2 Å². The molecule has 0 aliphatic carbocycles. The van der Waals surface area contributed by atoms with Crippen LogP contribution in [0.15, 0.2) is 24.3 Å². The number of rotatable bonds is 4. The Morgan fingerprint density at radius 2 is 1.94 bits per heavy atom. The first-order valence-corrected chi connectivity index (χ1v) is 5.77. The summed E-state index contributed by atoms with van der Waals surface area (Å²) in [5, 5.41) is 5.73. The van der Waals surface area contributed by atoms with Crippen molar-refractivity contribution in [2.24, 2.45) is 0 Å². The predicted molar refractivity (Wildman–Crippen MR) is 68.3 cm³/mol. The topological polar surface area (TPSA) is 67.4 Å². The van der Waals surface area contributed by atoms with Crippen molar-refractivity contribution >= 4 is 23.6 Å². The molecule has 6 heteroatoms. The number of esters is 1. The normalized spacial score (nSPS) is 11.5. The van der Waals surface area contributed by atoms with Crippen LogP contribution >= 0.6 is 11.6 Å². The van der Waals surface area contributed by atoms with Crippen molar-refractivity contribution < 1.29 is 14.3 Å². The van der Waals surface area contributed by atoms with Gasteiger partial charge in [-0.15, -0.1) is 0 Å². The van der Waals surface area contributed by atoms with Gasteiger partial charge in [-0.2, -0.15) is 0 Å². The third kappa shape index (κ3) is 4.63. The SMILES string of the molecule is COC(=O)C(C)NC(=O)NCc1ccc(Cl)cc1. The summed E-state index contributed by atoms with van der Waals surface area (Å²) in [7, 11) is 1.27. The largest absolute Gasteiger partial charge is 0.467 e. The highest BCUT2D eigenvalue weighted by molar-refractivity contribution is 6.30. The van der Waals surface area contributed by atoms with Gasteiger partial charge >= 0.3 is 12.0 Å². The van der Waals surface area contributed by atoms with Crippen molar-refractivity contribution in [1.29, 1.82) is 0 Å². The number of hydrogen-bond acceptors (Lipinski definition) is 3. The molecule has 18 heavy (non-hydrogen) atoms. The van der Waals surface area contributed by atoms with E-state index in [1.165, 1.54) is 7.11 Å². The number of urea groups is 1. The summed E-state index contributed by atoms with van der Waals surface area (Å²) in [5.74, 6) is -0.489. The first-order chi connectivity index (χ1) is 8.52. The van der Waals surface area contributed by atoms with E-state index in [1.807, 2.05) is 12.1 Å². The fourth-order valence-electron chi connectivity index (χ4n) is 1.27. The minimum Gasteiger partial charge on any atom is -0.467 e. The van der Waals surface area contributed by atoms with Gasteiger partial charge in [-0.05, 0) is 24.6 Å². The first kappa shape index (κ1) is 14.3. The predicted octanol–water partition coefficient (Wildman–Crippen LogP) is 1.70. The molecular weight excluding hydrogens is 256 g/mol. The molecule has 1 atom stereocenters. The molecule has 0 bridgehead atoms. The maximum Gasteiger partial charge on any atom is 0.328 e. The van der Waals surface area contributed by atoms with Gasteiger partial charge in [0, 0.05) is 11.6 Å². The van der Waals surface area contributed by atoms with E-state index in [4.69, 9.17) is 11.6 Å². The highest BCUT2D eigenvalue weighted by Crippen LogP contribution is 2.08. The smallest absolute Gasteiger partial charge is 0.328 e. The summed E-state index contributed by atoms with van der Waals surface area (Å²) >= 11 is 5.74. The molecule has 5 nitrogen and oxygen atoms in total. The third-order valence-electron chi connectivity index (χ3n) is 2.27. The number of hydrogen-bond donors (Lipinski definition) is 2. The molecule has 0 saturated carbocycles. The van der Waals surface area contributed by atoms with Gasteiger partial charge in [-0.3, -0.25) is 0 Å². The molecular formula is C12H15ClN2O3. The summed E-state index contributed by atoms with van der Waals surface area (Å²) in [5.41, 5.74) is 0.917. The molecule has 0 fully saturated rings. The minimum absolute atomic E-state index is 0.358. The van der Waals surface area contributed by atoms with Crippen molar-refractivity contribution in [2.45, 2.75) is 19.5 Å². The molecule has 0 heterocycles. The lowest BCUT2D eigenvalue weighted by Gasteiger charge is -2.12. The van der Waals surface area contributed by atoms with Gasteiger partial charge in [0.15, 0.2) is 0 Å². The fourth-order valence-corrected chi connectivity index (χ4v) is 1.39. The molecule has 1 aromatic rings. The molecule has 0 aromatic heterocycles. The molecule has 2 amide bonds.